The fourth-order valence-electron chi connectivity index (χ4n) is 4.57. The Morgan fingerprint density at radius 3 is 1.31 bits per heavy atom. The molecule has 0 bridgehead atoms. The molecule has 2 aromatic rings. The second kappa shape index (κ2) is 10.7. The van der Waals surface area contributed by atoms with E-state index in [0.29, 0.717) is 11.8 Å². The predicted molar refractivity (Wildman–Crippen MR) is 131 cm³/mol. The van der Waals surface area contributed by atoms with Crippen LogP contribution in [0.2, 0.25) is 0 Å². The van der Waals surface area contributed by atoms with Crippen molar-refractivity contribution in [1.82, 2.24) is 0 Å². The number of benzene rings is 2. The standard InChI is InChI=1S/C27H42N2/c1-9-28(10-2)23-13-15-25(21(7)18-23)27(17-20(5)6)26-16-14-24(19-22(26)8)29(11-3)12-4/h13-16,18-20,27H,9-12,17H2,1-8H3. The molecular weight excluding hydrogens is 352 g/mol. The maximum atomic E-state index is 2.43. The average molecular weight is 395 g/mol. The summed E-state index contributed by atoms with van der Waals surface area (Å²) in [5, 5.41) is 0. The van der Waals surface area contributed by atoms with Gasteiger partial charge in [-0.05, 0) is 100 Å². The van der Waals surface area contributed by atoms with Crippen molar-refractivity contribution in [3.05, 3.63) is 58.7 Å². The van der Waals surface area contributed by atoms with Crippen LogP contribution in [0.5, 0.6) is 0 Å². The number of aryl methyl sites for hydroxylation is 2. The van der Waals surface area contributed by atoms with Crippen molar-refractivity contribution in [3.63, 3.8) is 0 Å². The van der Waals surface area contributed by atoms with Crippen LogP contribution in [0.3, 0.4) is 0 Å². The van der Waals surface area contributed by atoms with Crippen molar-refractivity contribution in [1.29, 1.82) is 0 Å². The van der Waals surface area contributed by atoms with E-state index in [1.165, 1.54) is 40.0 Å². The van der Waals surface area contributed by atoms with E-state index in [0.717, 1.165) is 26.2 Å². The van der Waals surface area contributed by atoms with Crippen molar-refractivity contribution in [3.8, 4) is 0 Å². The zero-order valence-corrected chi connectivity index (χ0v) is 20.0. The van der Waals surface area contributed by atoms with Crippen LogP contribution >= 0.6 is 0 Å². The SMILES string of the molecule is CCN(CC)c1ccc(C(CC(C)C)c2ccc(N(CC)CC)cc2C)c(C)c1. The van der Waals surface area contributed by atoms with E-state index in [1.807, 2.05) is 0 Å². The number of nitrogens with zero attached hydrogens (tertiary/aromatic N) is 2. The lowest BCUT2D eigenvalue weighted by Crippen LogP contribution is -2.22. The monoisotopic (exact) mass is 394 g/mol. The van der Waals surface area contributed by atoms with Crippen LogP contribution in [-0.2, 0) is 0 Å². The molecule has 2 aromatic carbocycles. The van der Waals surface area contributed by atoms with Gasteiger partial charge in [-0.15, -0.1) is 0 Å². The summed E-state index contributed by atoms with van der Waals surface area (Å²) in [6, 6.07) is 14.2. The van der Waals surface area contributed by atoms with Crippen LogP contribution in [-0.4, -0.2) is 26.2 Å². The lowest BCUT2D eigenvalue weighted by Gasteiger charge is -2.28. The first-order valence-corrected chi connectivity index (χ1v) is 11.6. The first-order valence-electron chi connectivity index (χ1n) is 11.6. The van der Waals surface area contributed by atoms with Gasteiger partial charge in [-0.2, -0.15) is 0 Å². The molecule has 2 rings (SSSR count). The third kappa shape index (κ3) is 5.56. The van der Waals surface area contributed by atoms with Gasteiger partial charge in [-0.1, -0.05) is 26.0 Å². The Balaban J connectivity index is 2.47. The molecule has 29 heavy (non-hydrogen) atoms. The Kier molecular flexibility index (Phi) is 8.61. The van der Waals surface area contributed by atoms with E-state index in [1.54, 1.807) is 0 Å². The van der Waals surface area contributed by atoms with Crippen molar-refractivity contribution in [2.45, 2.75) is 67.7 Å². The Labute approximate surface area is 179 Å². The highest BCUT2D eigenvalue weighted by Gasteiger charge is 2.21. The lowest BCUT2D eigenvalue weighted by molar-refractivity contribution is 0.539. The lowest BCUT2D eigenvalue weighted by atomic mass is 9.80. The van der Waals surface area contributed by atoms with Crippen molar-refractivity contribution < 1.29 is 0 Å². The highest BCUT2D eigenvalue weighted by atomic mass is 15.1. The maximum absolute atomic E-state index is 2.43. The second-order valence-electron chi connectivity index (χ2n) is 8.61. The second-order valence-corrected chi connectivity index (χ2v) is 8.61. The van der Waals surface area contributed by atoms with Gasteiger partial charge in [0.2, 0.25) is 0 Å². The van der Waals surface area contributed by atoms with Crippen LogP contribution in [0.15, 0.2) is 36.4 Å². The summed E-state index contributed by atoms with van der Waals surface area (Å²) in [5.41, 5.74) is 8.46. The summed E-state index contributed by atoms with van der Waals surface area (Å²) in [6.07, 6.45) is 1.18. The topological polar surface area (TPSA) is 6.48 Å². The van der Waals surface area contributed by atoms with Gasteiger partial charge < -0.3 is 9.80 Å². The molecule has 0 amide bonds. The van der Waals surface area contributed by atoms with E-state index < -0.39 is 0 Å². The summed E-state index contributed by atoms with van der Waals surface area (Å²) in [4.78, 5) is 4.86. The molecule has 0 spiro atoms. The number of hydrogen-bond donors (Lipinski definition) is 0. The van der Waals surface area contributed by atoms with E-state index in [2.05, 4.69) is 102 Å². The fraction of sp³-hybridized carbons (Fsp3) is 0.556. The van der Waals surface area contributed by atoms with Gasteiger partial charge in [0, 0.05) is 43.5 Å². The Bertz CT molecular complexity index is 709. The molecule has 0 fully saturated rings. The molecule has 0 aliphatic heterocycles. The van der Waals surface area contributed by atoms with Gasteiger partial charge in [0.1, 0.15) is 0 Å². The molecule has 0 atom stereocenters. The number of anilines is 2. The Morgan fingerprint density at radius 1 is 0.655 bits per heavy atom. The third-order valence-electron chi connectivity index (χ3n) is 6.22. The molecule has 0 aromatic heterocycles. The van der Waals surface area contributed by atoms with Crippen molar-refractivity contribution in [2.24, 2.45) is 5.92 Å². The highest BCUT2D eigenvalue weighted by Crippen LogP contribution is 2.37. The largest absolute Gasteiger partial charge is 0.372 e. The van der Waals surface area contributed by atoms with E-state index >= 15 is 0 Å². The third-order valence-corrected chi connectivity index (χ3v) is 6.22. The number of hydrogen-bond acceptors (Lipinski definition) is 2. The molecule has 2 nitrogen and oxygen atoms in total. The van der Waals surface area contributed by atoms with Crippen LogP contribution < -0.4 is 9.80 Å². The predicted octanol–water partition coefficient (Wildman–Crippen LogP) is 7.17. The summed E-state index contributed by atoms with van der Waals surface area (Å²) >= 11 is 0. The molecule has 0 saturated heterocycles. The van der Waals surface area contributed by atoms with Crippen LogP contribution in [0.1, 0.15) is 76.1 Å². The fourth-order valence-corrected chi connectivity index (χ4v) is 4.57. The Morgan fingerprint density at radius 2 is 1.03 bits per heavy atom. The summed E-state index contributed by atoms with van der Waals surface area (Å²) < 4.78 is 0. The zero-order valence-electron chi connectivity index (χ0n) is 20.0. The Hall–Kier alpha value is -1.96. The summed E-state index contributed by atoms with van der Waals surface area (Å²) in [7, 11) is 0. The van der Waals surface area contributed by atoms with Crippen molar-refractivity contribution in [2.75, 3.05) is 36.0 Å². The van der Waals surface area contributed by atoms with E-state index in [-0.39, 0.29) is 0 Å². The summed E-state index contributed by atoms with van der Waals surface area (Å²) in [5.74, 6) is 1.11. The number of rotatable bonds is 10. The normalized spacial score (nSPS) is 11.4. The zero-order chi connectivity index (χ0) is 21.6. The van der Waals surface area contributed by atoms with Crippen LogP contribution in [0.25, 0.3) is 0 Å². The van der Waals surface area contributed by atoms with E-state index in [9.17, 15) is 0 Å². The van der Waals surface area contributed by atoms with Gasteiger partial charge in [-0.3, -0.25) is 0 Å². The minimum atomic E-state index is 0.450. The van der Waals surface area contributed by atoms with Gasteiger partial charge in [-0.25, -0.2) is 0 Å². The molecule has 160 valence electrons. The van der Waals surface area contributed by atoms with Gasteiger partial charge in [0.15, 0.2) is 0 Å². The highest BCUT2D eigenvalue weighted by molar-refractivity contribution is 5.56. The smallest absolute Gasteiger partial charge is 0.0368 e. The maximum Gasteiger partial charge on any atom is 0.0368 e. The average Bonchev–Trinajstić information content (AvgIpc) is 2.69. The first kappa shape index (κ1) is 23.3. The molecule has 0 aliphatic rings. The molecule has 0 radical (unpaired) electrons. The van der Waals surface area contributed by atoms with Gasteiger partial charge in [0.25, 0.3) is 0 Å². The quantitative estimate of drug-likeness (QED) is 0.421. The molecule has 0 unspecified atom stereocenters. The molecule has 0 aliphatic carbocycles. The van der Waals surface area contributed by atoms with Crippen molar-refractivity contribution >= 4 is 11.4 Å². The molecule has 0 heterocycles. The minimum Gasteiger partial charge on any atom is -0.372 e. The van der Waals surface area contributed by atoms with Gasteiger partial charge >= 0.3 is 0 Å². The van der Waals surface area contributed by atoms with Crippen LogP contribution in [0.4, 0.5) is 11.4 Å². The molecular formula is C27H42N2. The van der Waals surface area contributed by atoms with Crippen LogP contribution in [0, 0.1) is 19.8 Å². The summed E-state index contributed by atoms with van der Waals surface area (Å²) in [6.45, 7) is 22.4. The van der Waals surface area contributed by atoms with Gasteiger partial charge in [0.05, 0.1) is 0 Å². The molecule has 2 heteroatoms. The molecule has 0 saturated carbocycles. The first-order chi connectivity index (χ1) is 13.9. The minimum absolute atomic E-state index is 0.450. The molecule has 0 N–H and O–H groups in total. The van der Waals surface area contributed by atoms with E-state index in [4.69, 9.17) is 0 Å².